The zero-order valence-electron chi connectivity index (χ0n) is 18.3. The fourth-order valence-corrected chi connectivity index (χ4v) is 3.66. The molecular weight excluding hydrogens is 394 g/mol. The Morgan fingerprint density at radius 2 is 1.74 bits per heavy atom. The second kappa shape index (κ2) is 9.64. The summed E-state index contributed by atoms with van der Waals surface area (Å²) in [6.45, 7) is 4.26. The third-order valence-electron chi connectivity index (χ3n) is 5.66. The fourth-order valence-electron chi connectivity index (χ4n) is 3.66. The monoisotopic (exact) mass is 423 g/mol. The van der Waals surface area contributed by atoms with Crippen molar-refractivity contribution in [2.24, 2.45) is 0 Å². The van der Waals surface area contributed by atoms with Gasteiger partial charge in [-0.3, -0.25) is 14.5 Å². The van der Waals surface area contributed by atoms with Gasteiger partial charge in [-0.15, -0.1) is 0 Å². The van der Waals surface area contributed by atoms with Crippen molar-refractivity contribution in [1.82, 2.24) is 15.1 Å². The van der Waals surface area contributed by atoms with E-state index in [0.717, 1.165) is 21.8 Å². The minimum atomic E-state index is -1.03. The number of hydrogen-bond donors (Lipinski definition) is 1. The van der Waals surface area contributed by atoms with Gasteiger partial charge in [0.2, 0.25) is 5.91 Å². The Morgan fingerprint density at radius 1 is 1.06 bits per heavy atom. The van der Waals surface area contributed by atoms with Gasteiger partial charge in [0.1, 0.15) is 17.8 Å². The molecule has 1 aliphatic rings. The third kappa shape index (κ3) is 5.23. The standard InChI is InChI=1S/C24H29N3O4/c1-4-26(16-19-8-6-5-7-9-19)21(28)17-27-22(29)24(2,25-23(27)30)15-14-18-10-12-20(31-3)13-11-18/h5-13H,4,14-17H2,1-3H3,(H,25,30)/t24-/m0/s1. The van der Waals surface area contributed by atoms with Crippen LogP contribution in [0.15, 0.2) is 54.6 Å². The van der Waals surface area contributed by atoms with Crippen LogP contribution in [0.3, 0.4) is 0 Å². The maximum absolute atomic E-state index is 13.0. The third-order valence-corrected chi connectivity index (χ3v) is 5.66. The number of amides is 4. The lowest BCUT2D eigenvalue weighted by molar-refractivity contribution is -0.139. The highest BCUT2D eigenvalue weighted by Gasteiger charge is 2.48. The Hall–Kier alpha value is -3.35. The normalized spacial score (nSPS) is 18.1. The lowest BCUT2D eigenvalue weighted by atomic mass is 9.93. The minimum absolute atomic E-state index is 0.255. The molecule has 0 aromatic heterocycles. The first-order chi connectivity index (χ1) is 14.9. The van der Waals surface area contributed by atoms with Crippen LogP contribution in [0, 0.1) is 0 Å². The van der Waals surface area contributed by atoms with Crippen molar-refractivity contribution in [3.05, 3.63) is 65.7 Å². The number of carbonyl (C=O) groups is 3. The number of carbonyl (C=O) groups excluding carboxylic acids is 3. The molecule has 1 aliphatic heterocycles. The summed E-state index contributed by atoms with van der Waals surface area (Å²) < 4.78 is 5.16. The van der Waals surface area contributed by atoms with Crippen LogP contribution < -0.4 is 10.1 Å². The summed E-state index contributed by atoms with van der Waals surface area (Å²) >= 11 is 0. The first-order valence-corrected chi connectivity index (χ1v) is 10.4. The highest BCUT2D eigenvalue weighted by Crippen LogP contribution is 2.24. The van der Waals surface area contributed by atoms with Crippen LogP contribution in [0.5, 0.6) is 5.75 Å². The summed E-state index contributed by atoms with van der Waals surface area (Å²) in [5.41, 5.74) is 1.01. The molecule has 1 N–H and O–H groups in total. The van der Waals surface area contributed by atoms with Crippen molar-refractivity contribution < 1.29 is 19.1 Å². The van der Waals surface area contributed by atoms with Gasteiger partial charge < -0.3 is 15.0 Å². The molecule has 0 bridgehead atoms. The molecule has 2 aromatic rings. The predicted octanol–water partition coefficient (Wildman–Crippen LogP) is 2.99. The molecule has 0 unspecified atom stereocenters. The quantitative estimate of drug-likeness (QED) is 0.629. The number of nitrogens with one attached hydrogen (secondary N) is 1. The molecule has 2 aromatic carbocycles. The Kier molecular flexibility index (Phi) is 6.95. The number of urea groups is 1. The molecule has 1 fully saturated rings. The number of aryl methyl sites for hydroxylation is 1. The van der Waals surface area contributed by atoms with Gasteiger partial charge in [-0.1, -0.05) is 42.5 Å². The Morgan fingerprint density at radius 3 is 2.35 bits per heavy atom. The minimum Gasteiger partial charge on any atom is -0.497 e. The number of benzene rings is 2. The fraction of sp³-hybridized carbons (Fsp3) is 0.375. The molecule has 7 nitrogen and oxygen atoms in total. The maximum atomic E-state index is 13.0. The molecule has 0 radical (unpaired) electrons. The Labute approximate surface area is 183 Å². The molecule has 1 atom stereocenters. The van der Waals surface area contributed by atoms with E-state index in [1.54, 1.807) is 18.9 Å². The molecule has 0 spiro atoms. The van der Waals surface area contributed by atoms with Crippen LogP contribution >= 0.6 is 0 Å². The predicted molar refractivity (Wildman–Crippen MR) is 117 cm³/mol. The lowest BCUT2D eigenvalue weighted by Gasteiger charge is -2.24. The molecule has 0 aliphatic carbocycles. The van der Waals surface area contributed by atoms with E-state index in [2.05, 4.69) is 5.32 Å². The smallest absolute Gasteiger partial charge is 0.325 e. The summed E-state index contributed by atoms with van der Waals surface area (Å²) in [5.74, 6) is 0.144. The van der Waals surface area contributed by atoms with E-state index >= 15 is 0 Å². The van der Waals surface area contributed by atoms with Gasteiger partial charge in [-0.25, -0.2) is 4.79 Å². The van der Waals surface area contributed by atoms with E-state index in [4.69, 9.17) is 4.74 Å². The number of imide groups is 1. The van der Waals surface area contributed by atoms with Gasteiger partial charge in [-0.2, -0.15) is 0 Å². The van der Waals surface area contributed by atoms with Gasteiger partial charge in [0.15, 0.2) is 0 Å². The number of hydrogen-bond acceptors (Lipinski definition) is 4. The summed E-state index contributed by atoms with van der Waals surface area (Å²) in [7, 11) is 1.61. The van der Waals surface area contributed by atoms with Crippen molar-refractivity contribution in [3.63, 3.8) is 0 Å². The second-order valence-corrected chi connectivity index (χ2v) is 7.90. The van der Waals surface area contributed by atoms with Crippen molar-refractivity contribution in [2.45, 2.75) is 38.8 Å². The molecule has 4 amide bonds. The van der Waals surface area contributed by atoms with Gasteiger partial charge in [0, 0.05) is 13.1 Å². The summed E-state index contributed by atoms with van der Waals surface area (Å²) in [6, 6.07) is 16.7. The zero-order chi connectivity index (χ0) is 22.4. The molecule has 1 heterocycles. The Bertz CT molecular complexity index is 930. The molecule has 3 rings (SSSR count). The zero-order valence-corrected chi connectivity index (χ0v) is 18.3. The van der Waals surface area contributed by atoms with E-state index in [0.29, 0.717) is 25.9 Å². The SMILES string of the molecule is CCN(Cc1ccccc1)C(=O)CN1C(=O)N[C@@](C)(CCc2ccc(OC)cc2)C1=O. The second-order valence-electron chi connectivity index (χ2n) is 7.90. The average Bonchev–Trinajstić information content (AvgIpc) is 3.00. The van der Waals surface area contributed by atoms with Crippen molar-refractivity contribution >= 4 is 17.8 Å². The van der Waals surface area contributed by atoms with E-state index in [-0.39, 0.29) is 18.4 Å². The molecule has 164 valence electrons. The highest BCUT2D eigenvalue weighted by molar-refractivity contribution is 6.08. The highest BCUT2D eigenvalue weighted by atomic mass is 16.5. The van der Waals surface area contributed by atoms with E-state index in [1.165, 1.54) is 0 Å². The van der Waals surface area contributed by atoms with Crippen LogP contribution in [0.25, 0.3) is 0 Å². The Balaban J connectivity index is 1.62. The van der Waals surface area contributed by atoms with Gasteiger partial charge in [0.05, 0.1) is 7.11 Å². The van der Waals surface area contributed by atoms with Crippen LogP contribution in [0.2, 0.25) is 0 Å². The van der Waals surface area contributed by atoms with Crippen LogP contribution in [0.1, 0.15) is 31.4 Å². The average molecular weight is 424 g/mol. The summed E-state index contributed by atoms with van der Waals surface area (Å²) in [6.07, 6.45) is 1.06. The van der Waals surface area contributed by atoms with Crippen molar-refractivity contribution in [2.75, 3.05) is 20.2 Å². The summed E-state index contributed by atoms with van der Waals surface area (Å²) in [4.78, 5) is 41.0. The summed E-state index contributed by atoms with van der Waals surface area (Å²) in [5, 5.41) is 2.78. The number of likely N-dealkylation sites (N-methyl/N-ethyl adjacent to an activating group) is 1. The first kappa shape index (κ1) is 22.3. The number of ether oxygens (including phenoxy) is 1. The molecule has 31 heavy (non-hydrogen) atoms. The largest absolute Gasteiger partial charge is 0.497 e. The van der Waals surface area contributed by atoms with Gasteiger partial charge >= 0.3 is 6.03 Å². The van der Waals surface area contributed by atoms with Crippen LogP contribution in [-0.4, -0.2) is 53.4 Å². The topological polar surface area (TPSA) is 79.0 Å². The van der Waals surface area contributed by atoms with Crippen molar-refractivity contribution in [3.8, 4) is 5.75 Å². The van der Waals surface area contributed by atoms with Gasteiger partial charge in [-0.05, 0) is 49.9 Å². The first-order valence-electron chi connectivity index (χ1n) is 10.4. The van der Waals surface area contributed by atoms with E-state index < -0.39 is 11.6 Å². The van der Waals surface area contributed by atoms with Crippen LogP contribution in [0.4, 0.5) is 4.79 Å². The molecule has 7 heteroatoms. The number of nitrogens with zero attached hydrogens (tertiary/aromatic N) is 2. The number of methoxy groups -OCH3 is 1. The number of rotatable bonds is 9. The molecule has 1 saturated heterocycles. The van der Waals surface area contributed by atoms with E-state index in [9.17, 15) is 14.4 Å². The molecule has 0 saturated carbocycles. The molecular formula is C24H29N3O4. The van der Waals surface area contributed by atoms with E-state index in [1.807, 2.05) is 61.5 Å². The lowest BCUT2D eigenvalue weighted by Crippen LogP contribution is -2.46. The van der Waals surface area contributed by atoms with Crippen LogP contribution in [-0.2, 0) is 22.6 Å². The maximum Gasteiger partial charge on any atom is 0.325 e. The van der Waals surface area contributed by atoms with Gasteiger partial charge in [0.25, 0.3) is 5.91 Å². The van der Waals surface area contributed by atoms with Crippen molar-refractivity contribution in [1.29, 1.82) is 0 Å².